The molecule has 0 heterocycles. The van der Waals surface area contributed by atoms with E-state index in [1.807, 2.05) is 6.07 Å². The van der Waals surface area contributed by atoms with E-state index in [0.717, 1.165) is 0 Å². The summed E-state index contributed by atoms with van der Waals surface area (Å²) in [6, 6.07) is 10.1. The fourth-order valence-electron chi connectivity index (χ4n) is 1.78. The number of ether oxygens (including phenoxy) is 2. The van der Waals surface area contributed by atoms with Crippen molar-refractivity contribution in [2.45, 2.75) is 0 Å². The van der Waals surface area contributed by atoms with Gasteiger partial charge in [-0.25, -0.2) is 4.39 Å². The van der Waals surface area contributed by atoms with Gasteiger partial charge in [-0.2, -0.15) is 5.26 Å². The zero-order chi connectivity index (χ0) is 15.4. The largest absolute Gasteiger partial charge is 0.497 e. The maximum atomic E-state index is 14.2. The van der Waals surface area contributed by atoms with Crippen molar-refractivity contribution in [1.29, 1.82) is 5.26 Å². The Hall–Kier alpha value is -2.26. The molecule has 2 rings (SSSR count). The van der Waals surface area contributed by atoms with Crippen LogP contribution in [0.5, 0.6) is 11.5 Å². The lowest BCUT2D eigenvalue weighted by Crippen LogP contribution is -1.99. The number of hydrogen-bond donors (Lipinski definition) is 1. The Morgan fingerprint density at radius 1 is 1.14 bits per heavy atom. The van der Waals surface area contributed by atoms with Gasteiger partial charge in [0.25, 0.3) is 0 Å². The number of rotatable bonds is 4. The normalized spacial score (nSPS) is 9.86. The van der Waals surface area contributed by atoms with Crippen molar-refractivity contribution in [3.63, 3.8) is 0 Å². The molecule has 0 radical (unpaired) electrons. The van der Waals surface area contributed by atoms with Gasteiger partial charge in [-0.05, 0) is 40.2 Å². The van der Waals surface area contributed by atoms with Gasteiger partial charge in [0.15, 0.2) is 5.82 Å². The van der Waals surface area contributed by atoms with Crippen LogP contribution in [0.1, 0.15) is 5.56 Å². The van der Waals surface area contributed by atoms with Crippen molar-refractivity contribution in [3.05, 3.63) is 46.2 Å². The SMILES string of the molecule is COc1ccc(Nc2ccc(C#N)c(Br)c2F)c(OC)c1. The second kappa shape index (κ2) is 6.46. The molecule has 21 heavy (non-hydrogen) atoms. The lowest BCUT2D eigenvalue weighted by Gasteiger charge is -2.13. The standard InChI is InChI=1S/C15H12BrFN2O2/c1-20-10-4-6-11(13(7-10)21-2)19-12-5-3-9(8-18)14(16)15(12)17/h3-7,19H,1-2H3. The number of hydrogen-bond acceptors (Lipinski definition) is 4. The van der Waals surface area contributed by atoms with Gasteiger partial charge in [-0.15, -0.1) is 0 Å². The predicted molar refractivity (Wildman–Crippen MR) is 81.6 cm³/mol. The first kappa shape index (κ1) is 15.1. The Kier molecular flexibility index (Phi) is 4.66. The Morgan fingerprint density at radius 2 is 1.86 bits per heavy atom. The van der Waals surface area contributed by atoms with Crippen LogP contribution in [-0.2, 0) is 0 Å². The summed E-state index contributed by atoms with van der Waals surface area (Å²) < 4.78 is 24.7. The summed E-state index contributed by atoms with van der Waals surface area (Å²) in [6.07, 6.45) is 0. The minimum absolute atomic E-state index is 0.127. The molecule has 0 fully saturated rings. The number of benzene rings is 2. The van der Waals surface area contributed by atoms with Gasteiger partial charge in [0, 0.05) is 6.07 Å². The van der Waals surface area contributed by atoms with E-state index in [1.165, 1.54) is 19.2 Å². The fraction of sp³-hybridized carbons (Fsp3) is 0.133. The Balaban J connectivity index is 2.39. The second-order valence-corrected chi connectivity index (χ2v) is 4.88. The lowest BCUT2D eigenvalue weighted by atomic mass is 10.2. The van der Waals surface area contributed by atoms with Crippen LogP contribution < -0.4 is 14.8 Å². The van der Waals surface area contributed by atoms with Crippen LogP contribution in [-0.4, -0.2) is 14.2 Å². The van der Waals surface area contributed by atoms with Gasteiger partial charge in [0.05, 0.1) is 35.6 Å². The monoisotopic (exact) mass is 350 g/mol. The smallest absolute Gasteiger partial charge is 0.162 e. The Labute approximate surface area is 130 Å². The number of methoxy groups -OCH3 is 2. The molecule has 0 amide bonds. The summed E-state index contributed by atoms with van der Waals surface area (Å²) in [5, 5.41) is 11.8. The quantitative estimate of drug-likeness (QED) is 0.896. The molecule has 1 N–H and O–H groups in total. The maximum absolute atomic E-state index is 14.2. The average molecular weight is 351 g/mol. The van der Waals surface area contributed by atoms with Gasteiger partial charge in [-0.3, -0.25) is 0 Å². The third-order valence-electron chi connectivity index (χ3n) is 2.88. The minimum atomic E-state index is -0.535. The molecular weight excluding hydrogens is 339 g/mol. The predicted octanol–water partition coefficient (Wildman–Crippen LogP) is 4.22. The molecule has 2 aromatic carbocycles. The van der Waals surface area contributed by atoms with Crippen molar-refractivity contribution in [2.24, 2.45) is 0 Å². The first-order chi connectivity index (χ1) is 10.1. The molecular formula is C15H12BrFN2O2. The third-order valence-corrected chi connectivity index (χ3v) is 3.66. The number of nitriles is 1. The van der Waals surface area contributed by atoms with E-state index in [9.17, 15) is 4.39 Å². The third kappa shape index (κ3) is 3.09. The van der Waals surface area contributed by atoms with Gasteiger partial charge >= 0.3 is 0 Å². The molecule has 0 aliphatic heterocycles. The highest BCUT2D eigenvalue weighted by Gasteiger charge is 2.13. The van der Waals surface area contributed by atoms with Crippen molar-refractivity contribution in [1.82, 2.24) is 0 Å². The summed E-state index contributed by atoms with van der Waals surface area (Å²) in [5.41, 5.74) is 1.07. The Bertz CT molecular complexity index is 714. The van der Waals surface area contributed by atoms with Crippen LogP contribution in [0.25, 0.3) is 0 Å². The molecule has 108 valence electrons. The van der Waals surface area contributed by atoms with E-state index in [1.54, 1.807) is 25.3 Å². The second-order valence-electron chi connectivity index (χ2n) is 4.09. The van der Waals surface area contributed by atoms with E-state index in [4.69, 9.17) is 14.7 Å². The summed E-state index contributed by atoms with van der Waals surface area (Å²) in [5.74, 6) is 0.625. The van der Waals surface area contributed by atoms with Gasteiger partial charge in [-0.1, -0.05) is 0 Å². The molecule has 0 bridgehead atoms. The van der Waals surface area contributed by atoms with E-state index in [2.05, 4.69) is 21.2 Å². The summed E-state index contributed by atoms with van der Waals surface area (Å²) in [4.78, 5) is 0. The molecule has 0 aliphatic rings. The average Bonchev–Trinajstić information content (AvgIpc) is 2.52. The van der Waals surface area contributed by atoms with Gasteiger partial charge in [0.1, 0.15) is 17.6 Å². The molecule has 0 atom stereocenters. The van der Waals surface area contributed by atoms with Crippen LogP contribution in [0.2, 0.25) is 0 Å². The highest BCUT2D eigenvalue weighted by Crippen LogP contribution is 2.34. The highest BCUT2D eigenvalue weighted by molar-refractivity contribution is 9.10. The molecule has 0 spiro atoms. The first-order valence-corrected chi connectivity index (χ1v) is 6.77. The lowest BCUT2D eigenvalue weighted by molar-refractivity contribution is 0.395. The van der Waals surface area contributed by atoms with Gasteiger partial charge < -0.3 is 14.8 Å². The zero-order valence-corrected chi connectivity index (χ0v) is 13.0. The van der Waals surface area contributed by atoms with Crippen LogP contribution in [0.3, 0.4) is 0 Å². The minimum Gasteiger partial charge on any atom is -0.497 e. The number of nitrogens with one attached hydrogen (secondary N) is 1. The summed E-state index contributed by atoms with van der Waals surface area (Å²) in [6.45, 7) is 0. The molecule has 2 aromatic rings. The number of nitrogens with zero attached hydrogens (tertiary/aromatic N) is 1. The van der Waals surface area contributed by atoms with Crippen molar-refractivity contribution < 1.29 is 13.9 Å². The van der Waals surface area contributed by atoms with Crippen LogP contribution in [0, 0.1) is 17.1 Å². The van der Waals surface area contributed by atoms with Crippen LogP contribution in [0.4, 0.5) is 15.8 Å². The van der Waals surface area contributed by atoms with Crippen molar-refractivity contribution in [2.75, 3.05) is 19.5 Å². The zero-order valence-electron chi connectivity index (χ0n) is 11.4. The van der Waals surface area contributed by atoms with Crippen LogP contribution >= 0.6 is 15.9 Å². The molecule has 0 aliphatic carbocycles. The van der Waals surface area contributed by atoms with Crippen molar-refractivity contribution >= 4 is 27.3 Å². The van der Waals surface area contributed by atoms with Gasteiger partial charge in [0.2, 0.25) is 0 Å². The van der Waals surface area contributed by atoms with E-state index < -0.39 is 5.82 Å². The molecule has 0 saturated heterocycles. The van der Waals surface area contributed by atoms with E-state index in [-0.39, 0.29) is 15.7 Å². The van der Waals surface area contributed by atoms with Crippen molar-refractivity contribution in [3.8, 4) is 17.6 Å². The molecule has 0 aromatic heterocycles. The van der Waals surface area contributed by atoms with E-state index >= 15 is 0 Å². The molecule has 0 unspecified atom stereocenters. The highest BCUT2D eigenvalue weighted by atomic mass is 79.9. The molecule has 0 saturated carbocycles. The first-order valence-electron chi connectivity index (χ1n) is 5.98. The molecule has 6 heteroatoms. The van der Waals surface area contributed by atoms with E-state index in [0.29, 0.717) is 17.2 Å². The summed E-state index contributed by atoms with van der Waals surface area (Å²) in [7, 11) is 3.07. The summed E-state index contributed by atoms with van der Waals surface area (Å²) >= 11 is 3.07. The Morgan fingerprint density at radius 3 is 2.48 bits per heavy atom. The number of anilines is 2. The maximum Gasteiger partial charge on any atom is 0.162 e. The van der Waals surface area contributed by atoms with Crippen LogP contribution in [0.15, 0.2) is 34.8 Å². The topological polar surface area (TPSA) is 54.3 Å². The number of halogens is 2. The fourth-order valence-corrected chi connectivity index (χ4v) is 2.21. The molecule has 4 nitrogen and oxygen atoms in total.